The van der Waals surface area contributed by atoms with E-state index in [4.69, 9.17) is 21.1 Å². The highest BCUT2D eigenvalue weighted by Crippen LogP contribution is 2.37. The summed E-state index contributed by atoms with van der Waals surface area (Å²) in [6, 6.07) is 9.77. The van der Waals surface area contributed by atoms with E-state index in [1.54, 1.807) is 24.6 Å². The van der Waals surface area contributed by atoms with Gasteiger partial charge in [-0.25, -0.2) is 0 Å². The Hall–Kier alpha value is -1.84. The number of methoxy groups -OCH3 is 2. The lowest BCUT2D eigenvalue weighted by Gasteiger charge is -2.37. The number of nitrogens with zero attached hydrogens (tertiary/aromatic N) is 2. The van der Waals surface area contributed by atoms with Crippen molar-refractivity contribution in [2.75, 3.05) is 39.6 Å². The number of thioether (sulfide) groups is 1. The number of hydrogen-bond acceptors (Lipinski definition) is 8. The SMILES string of the molecule is COC(=O)C1CN(CCSc2cccs2)CCC1CCC(O)c1c(Cl)cnc2ccc(OC)cc12. The Balaban J connectivity index is 1.40. The number of piperidine rings is 1. The summed E-state index contributed by atoms with van der Waals surface area (Å²) < 4.78 is 11.8. The largest absolute Gasteiger partial charge is 0.497 e. The molecule has 9 heteroatoms. The minimum atomic E-state index is -0.765. The summed E-state index contributed by atoms with van der Waals surface area (Å²) in [6.45, 7) is 2.57. The molecule has 0 bridgehead atoms. The summed E-state index contributed by atoms with van der Waals surface area (Å²) in [4.78, 5) is 19.4. The van der Waals surface area contributed by atoms with Crippen molar-refractivity contribution >= 4 is 51.6 Å². The van der Waals surface area contributed by atoms with Gasteiger partial charge >= 0.3 is 5.97 Å². The minimum Gasteiger partial charge on any atom is -0.497 e. The van der Waals surface area contributed by atoms with Gasteiger partial charge in [-0.15, -0.1) is 23.1 Å². The Kier molecular flexibility index (Phi) is 9.30. The maximum Gasteiger partial charge on any atom is 0.310 e. The van der Waals surface area contributed by atoms with E-state index in [1.807, 2.05) is 30.0 Å². The molecule has 3 unspecified atom stereocenters. The number of carbonyl (C=O) groups is 1. The zero-order chi connectivity index (χ0) is 24.8. The molecule has 0 spiro atoms. The van der Waals surface area contributed by atoms with Gasteiger partial charge < -0.3 is 19.5 Å². The van der Waals surface area contributed by atoms with Crippen LogP contribution in [0.5, 0.6) is 5.75 Å². The van der Waals surface area contributed by atoms with Crippen LogP contribution in [0, 0.1) is 11.8 Å². The van der Waals surface area contributed by atoms with Crippen molar-refractivity contribution in [3.05, 3.63) is 52.5 Å². The predicted octanol–water partition coefficient (Wildman–Crippen LogP) is 5.68. The summed E-state index contributed by atoms with van der Waals surface area (Å²) in [5.41, 5.74) is 1.42. The molecular weight excluding hydrogens is 504 g/mol. The average Bonchev–Trinajstić information content (AvgIpc) is 3.40. The third-order valence-corrected chi connectivity index (χ3v) is 9.12. The monoisotopic (exact) mass is 534 g/mol. The molecular formula is C26H31ClN2O4S2. The number of aromatic nitrogens is 1. The van der Waals surface area contributed by atoms with Crippen molar-refractivity contribution in [2.45, 2.75) is 29.6 Å². The second-order valence-electron chi connectivity index (χ2n) is 8.76. The Morgan fingerprint density at radius 2 is 2.23 bits per heavy atom. The topological polar surface area (TPSA) is 71.9 Å². The van der Waals surface area contributed by atoms with Gasteiger partial charge in [-0.05, 0) is 61.4 Å². The molecule has 1 aliphatic rings. The van der Waals surface area contributed by atoms with E-state index in [0.717, 1.165) is 36.2 Å². The molecule has 188 valence electrons. The number of hydrogen-bond donors (Lipinski definition) is 1. The summed E-state index contributed by atoms with van der Waals surface area (Å²) in [5, 5.41) is 14.5. The van der Waals surface area contributed by atoms with Gasteiger partial charge in [0.05, 0.1) is 41.0 Å². The maximum absolute atomic E-state index is 12.6. The predicted molar refractivity (Wildman–Crippen MR) is 143 cm³/mol. The van der Waals surface area contributed by atoms with Gasteiger partial charge in [0.2, 0.25) is 0 Å². The minimum absolute atomic E-state index is 0.153. The molecule has 1 aliphatic heterocycles. The van der Waals surface area contributed by atoms with E-state index < -0.39 is 6.10 Å². The van der Waals surface area contributed by atoms with Crippen molar-refractivity contribution in [3.63, 3.8) is 0 Å². The Bertz CT molecular complexity index is 1130. The first kappa shape index (κ1) is 26.2. The number of halogens is 1. The molecule has 0 radical (unpaired) electrons. The fourth-order valence-electron chi connectivity index (χ4n) is 4.81. The molecule has 3 aromatic rings. The number of aliphatic hydroxyl groups excluding tert-OH is 1. The molecule has 6 nitrogen and oxygen atoms in total. The summed E-state index contributed by atoms with van der Waals surface area (Å²) in [5.74, 6) is 1.47. The third kappa shape index (κ3) is 6.49. The van der Waals surface area contributed by atoms with Crippen LogP contribution in [0.1, 0.15) is 30.9 Å². The van der Waals surface area contributed by atoms with E-state index in [1.165, 1.54) is 11.3 Å². The molecule has 1 fully saturated rings. The van der Waals surface area contributed by atoms with Gasteiger partial charge in [0.1, 0.15) is 5.75 Å². The van der Waals surface area contributed by atoms with Crippen molar-refractivity contribution < 1.29 is 19.4 Å². The molecule has 35 heavy (non-hydrogen) atoms. The number of ether oxygens (including phenoxy) is 2. The van der Waals surface area contributed by atoms with Crippen molar-refractivity contribution in [1.29, 1.82) is 0 Å². The number of aliphatic hydroxyl groups is 1. The van der Waals surface area contributed by atoms with Gasteiger partial charge in [0.15, 0.2) is 0 Å². The van der Waals surface area contributed by atoms with E-state index in [9.17, 15) is 9.90 Å². The number of benzene rings is 1. The Labute approximate surface area is 219 Å². The normalized spacial score (nSPS) is 19.5. The first-order valence-corrected chi connectivity index (χ1v) is 14.0. The molecule has 2 aromatic heterocycles. The zero-order valence-corrected chi connectivity index (χ0v) is 22.4. The van der Waals surface area contributed by atoms with Gasteiger partial charge in [-0.1, -0.05) is 17.7 Å². The van der Waals surface area contributed by atoms with Crippen LogP contribution in [-0.4, -0.2) is 60.6 Å². The fraction of sp³-hybridized carbons (Fsp3) is 0.462. The van der Waals surface area contributed by atoms with E-state index >= 15 is 0 Å². The lowest BCUT2D eigenvalue weighted by atomic mass is 9.81. The molecule has 1 saturated heterocycles. The van der Waals surface area contributed by atoms with E-state index in [-0.39, 0.29) is 17.8 Å². The molecule has 0 amide bonds. The van der Waals surface area contributed by atoms with Crippen LogP contribution in [0.2, 0.25) is 5.02 Å². The number of esters is 1. The smallest absolute Gasteiger partial charge is 0.310 e. The Morgan fingerprint density at radius 3 is 2.97 bits per heavy atom. The Morgan fingerprint density at radius 1 is 1.37 bits per heavy atom. The van der Waals surface area contributed by atoms with E-state index in [2.05, 4.69) is 27.4 Å². The molecule has 1 N–H and O–H groups in total. The summed E-state index contributed by atoms with van der Waals surface area (Å²) in [6.07, 6.45) is 2.93. The first-order chi connectivity index (χ1) is 17.0. The van der Waals surface area contributed by atoms with E-state index in [0.29, 0.717) is 35.7 Å². The number of pyridine rings is 1. The van der Waals surface area contributed by atoms with Crippen molar-refractivity contribution in [1.82, 2.24) is 9.88 Å². The second-order valence-corrected chi connectivity index (χ2v) is 11.5. The van der Waals surface area contributed by atoms with Crippen molar-refractivity contribution in [2.24, 2.45) is 11.8 Å². The highest BCUT2D eigenvalue weighted by atomic mass is 35.5. The zero-order valence-electron chi connectivity index (χ0n) is 20.0. The van der Waals surface area contributed by atoms with Gasteiger partial charge in [-0.3, -0.25) is 9.78 Å². The fourth-order valence-corrected chi connectivity index (χ4v) is 6.95. The standard InChI is InChI=1S/C26H31ClN2O4S2/c1-32-18-6-7-22-19(14-18)25(21(27)15-28-22)23(30)8-5-17-9-10-29(16-20(17)26(31)33-2)11-13-35-24-4-3-12-34-24/h3-4,6-7,12,14-15,17,20,23,30H,5,8-11,13,16H2,1-2H3. The lowest BCUT2D eigenvalue weighted by Crippen LogP contribution is -2.45. The highest BCUT2D eigenvalue weighted by Gasteiger charge is 2.35. The highest BCUT2D eigenvalue weighted by molar-refractivity contribution is 8.01. The molecule has 3 atom stereocenters. The van der Waals surface area contributed by atoms with Crippen LogP contribution in [0.15, 0.2) is 46.1 Å². The van der Waals surface area contributed by atoms with Crippen molar-refractivity contribution in [3.8, 4) is 5.75 Å². The first-order valence-electron chi connectivity index (χ1n) is 11.8. The van der Waals surface area contributed by atoms with Crippen LogP contribution in [0.25, 0.3) is 10.9 Å². The van der Waals surface area contributed by atoms with Gasteiger partial charge in [0, 0.05) is 36.0 Å². The van der Waals surface area contributed by atoms with Gasteiger partial charge in [-0.2, -0.15) is 0 Å². The number of fused-ring (bicyclic) bond motifs is 1. The number of thiophene rings is 1. The summed E-state index contributed by atoms with van der Waals surface area (Å²) >= 11 is 10.1. The molecule has 0 aliphatic carbocycles. The molecule has 0 saturated carbocycles. The van der Waals surface area contributed by atoms with Crippen LogP contribution in [0.4, 0.5) is 0 Å². The van der Waals surface area contributed by atoms with Crippen LogP contribution < -0.4 is 4.74 Å². The summed E-state index contributed by atoms with van der Waals surface area (Å²) in [7, 11) is 3.06. The third-order valence-electron chi connectivity index (χ3n) is 6.70. The quantitative estimate of drug-likeness (QED) is 0.265. The van der Waals surface area contributed by atoms with Crippen LogP contribution in [-0.2, 0) is 9.53 Å². The number of likely N-dealkylation sites (tertiary alicyclic amines) is 1. The average molecular weight is 535 g/mol. The number of carbonyl (C=O) groups excluding carboxylic acids is 1. The molecule has 4 rings (SSSR count). The second kappa shape index (κ2) is 12.4. The number of rotatable bonds is 10. The van der Waals surface area contributed by atoms with Gasteiger partial charge in [0.25, 0.3) is 0 Å². The maximum atomic E-state index is 12.6. The molecule has 3 heterocycles. The lowest BCUT2D eigenvalue weighted by molar-refractivity contribution is -0.150. The van der Waals surface area contributed by atoms with Crippen LogP contribution >= 0.6 is 34.7 Å². The van der Waals surface area contributed by atoms with Crippen LogP contribution in [0.3, 0.4) is 0 Å². The molecule has 1 aromatic carbocycles.